The van der Waals surface area contributed by atoms with Gasteiger partial charge in [-0.2, -0.15) is 0 Å². The van der Waals surface area contributed by atoms with Gasteiger partial charge in [0.05, 0.1) is 26.2 Å². The summed E-state index contributed by atoms with van der Waals surface area (Å²) in [5.74, 6) is 1.33. The molecule has 1 atom stereocenters. The average molecular weight is 544 g/mol. The van der Waals surface area contributed by atoms with Crippen LogP contribution in [0.2, 0.25) is 0 Å². The molecule has 3 N–H and O–H groups in total. The second kappa shape index (κ2) is 12.7. The van der Waals surface area contributed by atoms with Crippen LogP contribution in [0.4, 0.5) is 4.79 Å². The molecular formula is C21H33IN6O3. The molecule has 2 aliphatic heterocycles. The highest BCUT2D eigenvalue weighted by molar-refractivity contribution is 14.0. The number of imide groups is 1. The number of halogens is 1. The molecule has 2 heterocycles. The number of hydrogen-bond donors (Lipinski definition) is 3. The molecule has 9 nitrogen and oxygen atoms in total. The number of nitrogens with one attached hydrogen (secondary N) is 3. The third-order valence-corrected chi connectivity index (χ3v) is 5.39. The van der Waals surface area contributed by atoms with E-state index in [0.29, 0.717) is 25.6 Å². The number of carbonyl (C=O) groups excluding carboxylic acids is 2. The van der Waals surface area contributed by atoms with E-state index < -0.39 is 0 Å². The maximum absolute atomic E-state index is 11.7. The first-order chi connectivity index (χ1) is 14.6. The maximum atomic E-state index is 11.7. The highest BCUT2D eigenvalue weighted by Gasteiger charge is 2.28. The fourth-order valence-electron chi connectivity index (χ4n) is 3.82. The zero-order valence-electron chi connectivity index (χ0n) is 18.2. The van der Waals surface area contributed by atoms with Crippen LogP contribution in [-0.2, 0) is 4.79 Å². The number of amides is 3. The number of aliphatic imine (C=N–C) groups is 1. The van der Waals surface area contributed by atoms with Crippen molar-refractivity contribution in [2.45, 2.75) is 25.8 Å². The Labute approximate surface area is 201 Å². The molecule has 3 amide bonds. The van der Waals surface area contributed by atoms with Gasteiger partial charge >= 0.3 is 6.03 Å². The van der Waals surface area contributed by atoms with Gasteiger partial charge in [0.25, 0.3) is 0 Å². The second-order valence-corrected chi connectivity index (χ2v) is 7.39. The van der Waals surface area contributed by atoms with Crippen LogP contribution >= 0.6 is 24.0 Å². The van der Waals surface area contributed by atoms with Gasteiger partial charge in [0.1, 0.15) is 5.75 Å². The average Bonchev–Trinajstić information content (AvgIpc) is 3.39. The summed E-state index contributed by atoms with van der Waals surface area (Å²) < 4.78 is 5.41. The Balaban J connectivity index is 0.00000341. The van der Waals surface area contributed by atoms with Crippen LogP contribution in [0.1, 0.15) is 31.4 Å². The van der Waals surface area contributed by atoms with Crippen LogP contribution in [0.3, 0.4) is 0 Å². The van der Waals surface area contributed by atoms with Gasteiger partial charge in [-0.1, -0.05) is 12.1 Å². The highest BCUT2D eigenvalue weighted by atomic mass is 127. The molecule has 31 heavy (non-hydrogen) atoms. The lowest BCUT2D eigenvalue weighted by atomic mass is 10.1. The summed E-state index contributed by atoms with van der Waals surface area (Å²) in [4.78, 5) is 31.9. The lowest BCUT2D eigenvalue weighted by Crippen LogP contribution is -2.43. The minimum Gasteiger partial charge on any atom is -0.497 e. The Morgan fingerprint density at radius 2 is 2.03 bits per heavy atom. The molecular weight excluding hydrogens is 511 g/mol. The van der Waals surface area contributed by atoms with Gasteiger partial charge in [-0.15, -0.1) is 24.0 Å². The number of benzene rings is 1. The van der Waals surface area contributed by atoms with Crippen LogP contribution in [0.25, 0.3) is 0 Å². The molecule has 1 unspecified atom stereocenters. The van der Waals surface area contributed by atoms with Gasteiger partial charge in [0.15, 0.2) is 5.96 Å². The Bertz CT molecular complexity index is 753. The smallest absolute Gasteiger partial charge is 0.324 e. The molecule has 10 heteroatoms. The van der Waals surface area contributed by atoms with E-state index in [2.05, 4.69) is 33.0 Å². The molecule has 0 aliphatic carbocycles. The van der Waals surface area contributed by atoms with Crippen LogP contribution in [-0.4, -0.2) is 80.6 Å². The summed E-state index contributed by atoms with van der Waals surface area (Å²) in [5.41, 5.74) is 1.19. The SMILES string of the molecule is CCNC(=NCC(c1cccc(OC)c1)N1CCCC1)NCCN1C(=O)CNC1=O.I. The molecule has 172 valence electrons. The van der Waals surface area contributed by atoms with Gasteiger partial charge in [0.2, 0.25) is 5.91 Å². The second-order valence-electron chi connectivity index (χ2n) is 7.39. The Morgan fingerprint density at radius 3 is 2.68 bits per heavy atom. The predicted molar refractivity (Wildman–Crippen MR) is 131 cm³/mol. The number of rotatable bonds is 9. The van der Waals surface area contributed by atoms with Crippen LogP contribution in [0.15, 0.2) is 29.3 Å². The number of ether oxygens (including phenoxy) is 1. The summed E-state index contributed by atoms with van der Waals surface area (Å²) in [6.45, 7) is 6.29. The number of guanidine groups is 1. The number of methoxy groups -OCH3 is 1. The Morgan fingerprint density at radius 1 is 1.26 bits per heavy atom. The summed E-state index contributed by atoms with van der Waals surface area (Å²) in [5, 5.41) is 9.00. The summed E-state index contributed by atoms with van der Waals surface area (Å²) in [7, 11) is 1.68. The summed E-state index contributed by atoms with van der Waals surface area (Å²) in [6.07, 6.45) is 2.41. The fraction of sp³-hybridized carbons (Fsp3) is 0.571. The molecule has 2 fully saturated rings. The van der Waals surface area contributed by atoms with Crippen molar-refractivity contribution in [3.63, 3.8) is 0 Å². The van der Waals surface area contributed by atoms with Crippen molar-refractivity contribution in [1.29, 1.82) is 0 Å². The molecule has 1 aromatic rings. The normalized spacial score (nSPS) is 17.9. The van der Waals surface area contributed by atoms with E-state index in [-0.39, 0.29) is 48.5 Å². The number of nitrogens with zero attached hydrogens (tertiary/aromatic N) is 3. The molecule has 2 aliphatic rings. The lowest BCUT2D eigenvalue weighted by molar-refractivity contribution is -0.124. The minimum absolute atomic E-state index is 0. The van der Waals surface area contributed by atoms with Crippen molar-refractivity contribution in [2.75, 3.05) is 52.9 Å². The first kappa shape index (κ1) is 25.2. The van der Waals surface area contributed by atoms with Crippen molar-refractivity contribution in [2.24, 2.45) is 4.99 Å². The first-order valence-electron chi connectivity index (χ1n) is 10.6. The highest BCUT2D eigenvalue weighted by Crippen LogP contribution is 2.27. The van der Waals surface area contributed by atoms with Crippen molar-refractivity contribution in [3.05, 3.63) is 29.8 Å². The van der Waals surface area contributed by atoms with E-state index in [1.54, 1.807) is 7.11 Å². The van der Waals surface area contributed by atoms with E-state index in [1.165, 1.54) is 23.3 Å². The zero-order valence-corrected chi connectivity index (χ0v) is 20.6. The molecule has 0 radical (unpaired) electrons. The number of likely N-dealkylation sites (tertiary alicyclic amines) is 1. The molecule has 0 saturated carbocycles. The van der Waals surface area contributed by atoms with Gasteiger partial charge < -0.3 is 20.7 Å². The number of carbonyl (C=O) groups is 2. The Hall–Kier alpha value is -2.08. The molecule has 1 aromatic carbocycles. The molecule has 2 saturated heterocycles. The van der Waals surface area contributed by atoms with E-state index in [1.807, 2.05) is 19.1 Å². The summed E-state index contributed by atoms with van der Waals surface area (Å²) >= 11 is 0. The van der Waals surface area contributed by atoms with E-state index in [4.69, 9.17) is 9.73 Å². The van der Waals surface area contributed by atoms with Crippen molar-refractivity contribution in [3.8, 4) is 5.75 Å². The van der Waals surface area contributed by atoms with Crippen molar-refractivity contribution < 1.29 is 14.3 Å². The maximum Gasteiger partial charge on any atom is 0.324 e. The standard InChI is InChI=1S/C21H32N6O3.HI/c1-3-22-20(23-9-12-27-19(28)15-25-21(27)29)24-14-18(26-10-4-5-11-26)16-7-6-8-17(13-16)30-2;/h6-8,13,18H,3-5,9-12,14-15H2,1-2H3,(H,25,29)(H2,22,23,24);1H. The zero-order chi connectivity index (χ0) is 21.3. The molecule has 0 aromatic heterocycles. The van der Waals surface area contributed by atoms with Gasteiger partial charge in [-0.25, -0.2) is 4.79 Å². The van der Waals surface area contributed by atoms with Crippen molar-refractivity contribution >= 4 is 41.9 Å². The van der Waals surface area contributed by atoms with Crippen LogP contribution in [0, 0.1) is 0 Å². The number of hydrogen-bond acceptors (Lipinski definition) is 5. The molecule has 0 bridgehead atoms. The van der Waals surface area contributed by atoms with Gasteiger partial charge in [0, 0.05) is 19.6 Å². The monoisotopic (exact) mass is 544 g/mol. The predicted octanol–water partition coefficient (Wildman–Crippen LogP) is 1.56. The first-order valence-corrected chi connectivity index (χ1v) is 10.6. The van der Waals surface area contributed by atoms with Crippen molar-refractivity contribution in [1.82, 2.24) is 25.8 Å². The third kappa shape index (κ3) is 6.96. The largest absolute Gasteiger partial charge is 0.497 e. The van der Waals surface area contributed by atoms with Crippen LogP contribution in [0.5, 0.6) is 5.75 Å². The molecule has 0 spiro atoms. The lowest BCUT2D eigenvalue weighted by Gasteiger charge is -2.27. The quantitative estimate of drug-likeness (QED) is 0.189. The van der Waals surface area contributed by atoms with E-state index in [9.17, 15) is 9.59 Å². The van der Waals surface area contributed by atoms with Crippen LogP contribution < -0.4 is 20.7 Å². The van der Waals surface area contributed by atoms with E-state index >= 15 is 0 Å². The van der Waals surface area contributed by atoms with Gasteiger partial charge in [-0.05, 0) is 50.6 Å². The summed E-state index contributed by atoms with van der Waals surface area (Å²) in [6, 6.07) is 8.01. The third-order valence-electron chi connectivity index (χ3n) is 5.39. The molecule has 3 rings (SSSR count). The fourth-order valence-corrected chi connectivity index (χ4v) is 3.82. The van der Waals surface area contributed by atoms with Gasteiger partial charge in [-0.3, -0.25) is 19.6 Å². The van der Waals surface area contributed by atoms with E-state index in [0.717, 1.165) is 25.4 Å². The Kier molecular flexibility index (Phi) is 10.3. The minimum atomic E-state index is -0.337. The number of urea groups is 1. The topological polar surface area (TPSA) is 98.3 Å².